The number of hydrogen-bond donors (Lipinski definition) is 0. The van der Waals surface area contributed by atoms with E-state index >= 15 is 0 Å². The van der Waals surface area contributed by atoms with Gasteiger partial charge in [-0.05, 0) is 50.3 Å². The lowest BCUT2D eigenvalue weighted by atomic mass is 9.69. The second kappa shape index (κ2) is 6.64. The Labute approximate surface area is 133 Å². The average molecular weight is 302 g/mol. The fraction of sp³-hybridized carbons (Fsp3) is 0.579. The first-order valence-corrected chi connectivity index (χ1v) is 8.09. The number of benzene rings is 1. The minimum atomic E-state index is -0.920. The predicted octanol–water partition coefficient (Wildman–Crippen LogP) is 3.85. The fourth-order valence-electron chi connectivity index (χ4n) is 3.77. The molecule has 0 saturated heterocycles. The molecule has 1 aliphatic carbocycles. The van der Waals surface area contributed by atoms with Crippen LogP contribution >= 0.6 is 0 Å². The highest BCUT2D eigenvalue weighted by Crippen LogP contribution is 2.39. The summed E-state index contributed by atoms with van der Waals surface area (Å²) in [5, 5.41) is 0. The molecular formula is C19H26O3. The number of methoxy groups -OCH3 is 1. The maximum absolute atomic E-state index is 13.0. The molecule has 0 radical (unpaired) electrons. The Hall–Kier alpha value is -1.64. The summed E-state index contributed by atoms with van der Waals surface area (Å²) in [4.78, 5) is 25.3. The summed E-state index contributed by atoms with van der Waals surface area (Å²) in [5.74, 6) is -0.325. The molecule has 0 heterocycles. The maximum atomic E-state index is 13.0. The summed E-state index contributed by atoms with van der Waals surface area (Å²) in [6.07, 6.45) is 4.52. The number of ketones is 1. The summed E-state index contributed by atoms with van der Waals surface area (Å²) >= 11 is 0. The van der Waals surface area contributed by atoms with E-state index in [2.05, 4.69) is 19.1 Å². The Kier molecular flexibility index (Phi) is 5.05. The van der Waals surface area contributed by atoms with Crippen molar-refractivity contribution in [2.75, 3.05) is 7.11 Å². The summed E-state index contributed by atoms with van der Waals surface area (Å²) in [6, 6.07) is 4.20. The van der Waals surface area contributed by atoms with Crippen LogP contribution in [-0.2, 0) is 20.7 Å². The highest BCUT2D eigenvalue weighted by Gasteiger charge is 2.46. The van der Waals surface area contributed by atoms with Crippen molar-refractivity contribution < 1.29 is 14.3 Å². The number of esters is 1. The van der Waals surface area contributed by atoms with Crippen LogP contribution in [0.3, 0.4) is 0 Å². The van der Waals surface area contributed by atoms with Crippen LogP contribution in [0.15, 0.2) is 12.1 Å². The molecule has 1 aliphatic rings. The van der Waals surface area contributed by atoms with E-state index in [0.717, 1.165) is 36.0 Å². The van der Waals surface area contributed by atoms with E-state index in [9.17, 15) is 9.59 Å². The molecule has 120 valence electrons. The van der Waals surface area contributed by atoms with Gasteiger partial charge in [0.05, 0.1) is 7.11 Å². The Morgan fingerprint density at radius 2 is 1.59 bits per heavy atom. The second-order valence-electron chi connectivity index (χ2n) is 6.61. The average Bonchev–Trinajstić information content (AvgIpc) is 2.50. The van der Waals surface area contributed by atoms with Crippen LogP contribution in [0.2, 0.25) is 0 Å². The van der Waals surface area contributed by atoms with Crippen LogP contribution in [0.5, 0.6) is 0 Å². The molecule has 0 N–H and O–H groups in total. The smallest absolute Gasteiger partial charge is 0.319 e. The molecule has 2 rings (SSSR count). The van der Waals surface area contributed by atoms with Gasteiger partial charge in [0.25, 0.3) is 0 Å². The van der Waals surface area contributed by atoms with Gasteiger partial charge in [-0.3, -0.25) is 9.59 Å². The summed E-state index contributed by atoms with van der Waals surface area (Å²) in [6.45, 7) is 6.13. The number of aryl methyl sites for hydroxylation is 3. The molecule has 0 spiro atoms. The van der Waals surface area contributed by atoms with Crippen molar-refractivity contribution in [3.8, 4) is 0 Å². The van der Waals surface area contributed by atoms with Crippen molar-refractivity contribution in [2.24, 2.45) is 5.41 Å². The monoisotopic (exact) mass is 302 g/mol. The first-order chi connectivity index (χ1) is 10.4. The number of hydrogen-bond acceptors (Lipinski definition) is 3. The van der Waals surface area contributed by atoms with Crippen LogP contribution in [0.4, 0.5) is 0 Å². The van der Waals surface area contributed by atoms with Crippen molar-refractivity contribution >= 4 is 11.8 Å². The summed E-state index contributed by atoms with van der Waals surface area (Å²) in [5.41, 5.74) is 3.59. The summed E-state index contributed by atoms with van der Waals surface area (Å²) < 4.78 is 4.97. The van der Waals surface area contributed by atoms with E-state index in [1.54, 1.807) is 0 Å². The van der Waals surface area contributed by atoms with Gasteiger partial charge in [-0.25, -0.2) is 0 Å². The van der Waals surface area contributed by atoms with Gasteiger partial charge in [0, 0.05) is 6.42 Å². The Morgan fingerprint density at radius 1 is 1.05 bits per heavy atom. The third-order valence-electron chi connectivity index (χ3n) is 4.99. The van der Waals surface area contributed by atoms with E-state index < -0.39 is 5.41 Å². The lowest BCUT2D eigenvalue weighted by Crippen LogP contribution is -2.43. The Balaban J connectivity index is 2.31. The molecule has 0 amide bonds. The zero-order valence-corrected chi connectivity index (χ0v) is 14.1. The molecule has 3 heteroatoms. The van der Waals surface area contributed by atoms with Gasteiger partial charge >= 0.3 is 5.97 Å². The molecule has 0 bridgehead atoms. The lowest BCUT2D eigenvalue weighted by molar-refractivity contribution is -0.160. The molecule has 1 aromatic rings. The molecular weight excluding hydrogens is 276 g/mol. The minimum absolute atomic E-state index is 0.0223. The van der Waals surface area contributed by atoms with E-state index in [1.165, 1.54) is 12.7 Å². The van der Waals surface area contributed by atoms with E-state index in [4.69, 9.17) is 4.74 Å². The maximum Gasteiger partial charge on any atom is 0.319 e. The summed E-state index contributed by atoms with van der Waals surface area (Å²) in [7, 11) is 1.38. The Bertz CT molecular complexity index is 557. The third-order valence-corrected chi connectivity index (χ3v) is 4.99. The molecule has 3 nitrogen and oxygen atoms in total. The molecule has 0 aliphatic heterocycles. The van der Waals surface area contributed by atoms with Gasteiger partial charge in [0.1, 0.15) is 5.41 Å². The van der Waals surface area contributed by atoms with Crippen molar-refractivity contribution in [3.05, 3.63) is 34.4 Å². The number of carbonyl (C=O) groups excluding carboxylic acids is 2. The number of Topliss-reactive ketones (excluding diaryl/α,β-unsaturated/α-hetero) is 1. The van der Waals surface area contributed by atoms with Gasteiger partial charge in [-0.2, -0.15) is 0 Å². The van der Waals surface area contributed by atoms with Gasteiger partial charge in [0.15, 0.2) is 5.78 Å². The van der Waals surface area contributed by atoms with Gasteiger partial charge in [0.2, 0.25) is 0 Å². The number of ether oxygens (including phenoxy) is 1. The molecule has 22 heavy (non-hydrogen) atoms. The molecule has 0 unspecified atom stereocenters. The van der Waals surface area contributed by atoms with Crippen molar-refractivity contribution in [3.63, 3.8) is 0 Å². The normalized spacial score (nSPS) is 17.1. The highest BCUT2D eigenvalue weighted by molar-refractivity contribution is 6.04. The quantitative estimate of drug-likeness (QED) is 0.627. The van der Waals surface area contributed by atoms with E-state index in [0.29, 0.717) is 19.3 Å². The van der Waals surface area contributed by atoms with Crippen LogP contribution in [-0.4, -0.2) is 18.9 Å². The van der Waals surface area contributed by atoms with E-state index in [1.807, 2.05) is 13.8 Å². The highest BCUT2D eigenvalue weighted by atomic mass is 16.5. The van der Waals surface area contributed by atoms with Gasteiger partial charge < -0.3 is 4.74 Å². The standard InChI is InChI=1S/C19H26O3/c1-13-10-14(2)16(15(3)11-13)12-17(20)19(18(21)22-4)8-6-5-7-9-19/h10-11H,5-9,12H2,1-4H3. The minimum Gasteiger partial charge on any atom is -0.468 e. The van der Waals surface area contributed by atoms with Crippen LogP contribution in [0.25, 0.3) is 0 Å². The molecule has 1 saturated carbocycles. The van der Waals surface area contributed by atoms with Gasteiger partial charge in [-0.15, -0.1) is 0 Å². The fourth-order valence-corrected chi connectivity index (χ4v) is 3.77. The topological polar surface area (TPSA) is 43.4 Å². The second-order valence-corrected chi connectivity index (χ2v) is 6.61. The first-order valence-electron chi connectivity index (χ1n) is 8.09. The van der Waals surface area contributed by atoms with Crippen LogP contribution < -0.4 is 0 Å². The zero-order valence-electron chi connectivity index (χ0n) is 14.1. The molecule has 1 aromatic carbocycles. The molecule has 0 aromatic heterocycles. The number of rotatable bonds is 4. The van der Waals surface area contributed by atoms with Gasteiger partial charge in [-0.1, -0.05) is 37.0 Å². The SMILES string of the molecule is COC(=O)C1(C(=O)Cc2c(C)cc(C)cc2C)CCCCC1. The number of carbonyl (C=O) groups is 2. The van der Waals surface area contributed by atoms with Crippen molar-refractivity contribution in [1.82, 2.24) is 0 Å². The predicted molar refractivity (Wildman–Crippen MR) is 86.9 cm³/mol. The molecule has 1 fully saturated rings. The first kappa shape index (κ1) is 16.7. The van der Waals surface area contributed by atoms with Crippen molar-refractivity contribution in [2.45, 2.75) is 59.3 Å². The van der Waals surface area contributed by atoms with Crippen LogP contribution in [0, 0.1) is 26.2 Å². The lowest BCUT2D eigenvalue weighted by Gasteiger charge is -2.33. The van der Waals surface area contributed by atoms with Crippen molar-refractivity contribution in [1.29, 1.82) is 0 Å². The zero-order chi connectivity index (χ0) is 16.3. The largest absolute Gasteiger partial charge is 0.468 e. The van der Waals surface area contributed by atoms with E-state index in [-0.39, 0.29) is 11.8 Å². The Morgan fingerprint density at radius 3 is 2.09 bits per heavy atom. The third kappa shape index (κ3) is 3.08. The molecule has 0 atom stereocenters. The van der Waals surface area contributed by atoms with Crippen LogP contribution in [0.1, 0.15) is 54.4 Å².